The van der Waals surface area contributed by atoms with Crippen LogP contribution in [0.5, 0.6) is 0 Å². The van der Waals surface area contributed by atoms with Crippen molar-refractivity contribution < 1.29 is 0 Å². The van der Waals surface area contributed by atoms with Gasteiger partial charge < -0.3 is 0 Å². The quantitative estimate of drug-likeness (QED) is 0.390. The van der Waals surface area contributed by atoms with Gasteiger partial charge in [-0.25, -0.2) is 0 Å². The predicted octanol–water partition coefficient (Wildman–Crippen LogP) is 7.82. The number of hydrogen-bond donors (Lipinski definition) is 0. The minimum atomic E-state index is -0.611. The minimum Gasteiger partial charge on any atom is -0.0697 e. The molecule has 4 heteroatoms. The molecular weight excluding hydrogens is 305 g/mol. The van der Waals surface area contributed by atoms with Crippen molar-refractivity contribution in [3.8, 4) is 0 Å². The molecule has 0 aliphatic rings. The second-order valence-electron chi connectivity index (χ2n) is 12.0. The molecule has 0 aromatic rings. The van der Waals surface area contributed by atoms with Gasteiger partial charge in [-0.3, -0.25) is 0 Å². The average Bonchev–Trinajstić information content (AvgIpc) is 1.62. The maximum atomic E-state index is 2.33. The standard InChI is InChI=1S/4C4H12Si/c4*1-5(2,3)4/h4*1-4H3. The van der Waals surface area contributed by atoms with Crippen LogP contribution in [0.4, 0.5) is 0 Å². The van der Waals surface area contributed by atoms with Crippen LogP contribution in [0.1, 0.15) is 0 Å². The second kappa shape index (κ2) is 11.4. The monoisotopic (exact) mass is 352 g/mol. The van der Waals surface area contributed by atoms with Crippen LogP contribution < -0.4 is 0 Å². The van der Waals surface area contributed by atoms with Gasteiger partial charge in [-0.1, -0.05) is 105 Å². The predicted molar refractivity (Wildman–Crippen MR) is 117 cm³/mol. The van der Waals surface area contributed by atoms with Gasteiger partial charge in [0.1, 0.15) is 0 Å². The lowest BCUT2D eigenvalue weighted by molar-refractivity contribution is 1.71. The third-order valence-corrected chi connectivity index (χ3v) is 0. The molecule has 0 spiro atoms. The molecule has 0 aliphatic carbocycles. The highest BCUT2D eigenvalue weighted by Gasteiger charge is 2.00. The van der Waals surface area contributed by atoms with Crippen LogP contribution in [-0.2, 0) is 0 Å². The fourth-order valence-electron chi connectivity index (χ4n) is 0. The Hall–Kier alpha value is 0.868. The fourth-order valence-corrected chi connectivity index (χ4v) is 0. The zero-order valence-corrected chi connectivity index (χ0v) is 22.0. The molecule has 0 saturated heterocycles. The molecule has 0 aromatic heterocycles. The van der Waals surface area contributed by atoms with Crippen molar-refractivity contribution in [1.29, 1.82) is 0 Å². The normalized spacial score (nSPS) is 12.0. The second-order valence-corrected chi connectivity index (χ2v) is 36.0. The topological polar surface area (TPSA) is 0 Å². The first-order valence-corrected chi connectivity index (χ1v) is 24.0. The summed E-state index contributed by atoms with van der Waals surface area (Å²) in [6.45, 7) is 37.2. The summed E-state index contributed by atoms with van der Waals surface area (Å²) in [6.07, 6.45) is 0. The molecule has 0 saturated carbocycles. The van der Waals surface area contributed by atoms with E-state index in [-0.39, 0.29) is 0 Å². The summed E-state index contributed by atoms with van der Waals surface area (Å²) in [5.74, 6) is 0. The molecule has 0 rings (SSSR count). The van der Waals surface area contributed by atoms with E-state index >= 15 is 0 Å². The molecule has 0 heterocycles. The Labute approximate surface area is 137 Å². The molecule has 20 heavy (non-hydrogen) atoms. The molecule has 0 atom stereocenters. The van der Waals surface area contributed by atoms with Gasteiger partial charge in [0.25, 0.3) is 0 Å². The van der Waals surface area contributed by atoms with Crippen LogP contribution >= 0.6 is 0 Å². The Morgan fingerprint density at radius 2 is 0.200 bits per heavy atom. The van der Waals surface area contributed by atoms with Gasteiger partial charge in [0.15, 0.2) is 0 Å². The molecule has 0 nitrogen and oxygen atoms in total. The van der Waals surface area contributed by atoms with E-state index in [1.54, 1.807) is 0 Å². The van der Waals surface area contributed by atoms with Gasteiger partial charge in [-0.2, -0.15) is 0 Å². The molecule has 0 amide bonds. The number of hydrogen-bond acceptors (Lipinski definition) is 0. The number of rotatable bonds is 0. The summed E-state index contributed by atoms with van der Waals surface area (Å²) in [6, 6.07) is 0. The smallest absolute Gasteiger partial charge is 0.0411 e. The van der Waals surface area contributed by atoms with E-state index in [4.69, 9.17) is 0 Å². The maximum absolute atomic E-state index is 2.33. The summed E-state index contributed by atoms with van der Waals surface area (Å²) >= 11 is 0. The molecule has 0 fully saturated rings. The molecule has 128 valence electrons. The van der Waals surface area contributed by atoms with Crippen molar-refractivity contribution >= 4 is 32.3 Å². The first kappa shape index (κ1) is 29.0. The van der Waals surface area contributed by atoms with Gasteiger partial charge in [0.05, 0.1) is 0 Å². The van der Waals surface area contributed by atoms with E-state index in [1.807, 2.05) is 0 Å². The van der Waals surface area contributed by atoms with Crippen molar-refractivity contribution in [1.82, 2.24) is 0 Å². The van der Waals surface area contributed by atoms with Crippen molar-refractivity contribution in [3.05, 3.63) is 0 Å². The Bertz CT molecular complexity index is 124. The average molecular weight is 353 g/mol. The van der Waals surface area contributed by atoms with Gasteiger partial charge >= 0.3 is 0 Å². The zero-order valence-electron chi connectivity index (χ0n) is 18.0. The van der Waals surface area contributed by atoms with Gasteiger partial charge in [0, 0.05) is 32.3 Å². The minimum absolute atomic E-state index is 0.611. The molecule has 0 radical (unpaired) electrons. The van der Waals surface area contributed by atoms with Crippen LogP contribution in [0.2, 0.25) is 105 Å². The fraction of sp³-hybridized carbons (Fsp3) is 1.00. The maximum Gasteiger partial charge on any atom is 0.0411 e. The van der Waals surface area contributed by atoms with Crippen LogP contribution in [0.15, 0.2) is 0 Å². The van der Waals surface area contributed by atoms with E-state index in [9.17, 15) is 0 Å². The largest absolute Gasteiger partial charge is 0.0697 e. The Morgan fingerprint density at radius 3 is 0.200 bits per heavy atom. The first-order chi connectivity index (χ1) is 8.00. The van der Waals surface area contributed by atoms with E-state index < -0.39 is 32.3 Å². The lowest BCUT2D eigenvalue weighted by Gasteiger charge is -2.01. The Kier molecular flexibility index (Phi) is 16.6. The summed E-state index contributed by atoms with van der Waals surface area (Å²) in [7, 11) is -2.44. The van der Waals surface area contributed by atoms with Crippen LogP contribution in [-0.4, -0.2) is 32.3 Å². The lowest BCUT2D eigenvalue weighted by atomic mass is 11.8. The SMILES string of the molecule is C[Si](C)(C)C.C[Si](C)(C)C.C[Si](C)(C)C.C[Si](C)(C)C. The molecule has 0 aromatic carbocycles. The molecule has 0 N–H and O–H groups in total. The molecule has 0 bridgehead atoms. The van der Waals surface area contributed by atoms with E-state index in [0.29, 0.717) is 0 Å². The highest BCUT2D eigenvalue weighted by atomic mass is 28.3. The molecular formula is C16H48Si4. The zero-order chi connectivity index (χ0) is 18.0. The summed E-state index contributed by atoms with van der Waals surface area (Å²) < 4.78 is 0. The van der Waals surface area contributed by atoms with Crippen LogP contribution in [0.25, 0.3) is 0 Å². The van der Waals surface area contributed by atoms with Crippen molar-refractivity contribution in [2.75, 3.05) is 0 Å². The highest BCUT2D eigenvalue weighted by Crippen LogP contribution is 1.95. The van der Waals surface area contributed by atoms with E-state index in [0.717, 1.165) is 0 Å². The van der Waals surface area contributed by atoms with Crippen LogP contribution in [0, 0.1) is 0 Å². The first-order valence-electron chi connectivity index (χ1n) is 8.00. The highest BCUT2D eigenvalue weighted by molar-refractivity contribution is 6.75. The Morgan fingerprint density at radius 1 is 0.200 bits per heavy atom. The molecule has 0 unspecified atom stereocenters. The third kappa shape index (κ3) is 8000. The third-order valence-electron chi connectivity index (χ3n) is 0. The summed E-state index contributed by atoms with van der Waals surface area (Å²) in [5, 5.41) is 0. The van der Waals surface area contributed by atoms with Gasteiger partial charge in [0.2, 0.25) is 0 Å². The van der Waals surface area contributed by atoms with Crippen molar-refractivity contribution in [2.24, 2.45) is 0 Å². The van der Waals surface area contributed by atoms with Crippen molar-refractivity contribution in [3.63, 3.8) is 0 Å². The Balaban J connectivity index is -0.0000000853. The summed E-state index contributed by atoms with van der Waals surface area (Å²) in [4.78, 5) is 0. The van der Waals surface area contributed by atoms with Gasteiger partial charge in [-0.05, 0) is 0 Å². The van der Waals surface area contributed by atoms with E-state index in [2.05, 4.69) is 105 Å². The van der Waals surface area contributed by atoms with Crippen molar-refractivity contribution in [2.45, 2.75) is 105 Å². The lowest BCUT2D eigenvalue weighted by Crippen LogP contribution is -2.10. The van der Waals surface area contributed by atoms with Gasteiger partial charge in [-0.15, -0.1) is 0 Å². The van der Waals surface area contributed by atoms with E-state index in [1.165, 1.54) is 0 Å². The van der Waals surface area contributed by atoms with Crippen LogP contribution in [0.3, 0.4) is 0 Å². The molecule has 0 aliphatic heterocycles. The summed E-state index contributed by atoms with van der Waals surface area (Å²) in [5.41, 5.74) is 0.